The molecule has 0 aromatic rings. The Hall–Kier alpha value is -0.150. The van der Waals surface area contributed by atoms with Gasteiger partial charge in [0.2, 0.25) is 0 Å². The summed E-state index contributed by atoms with van der Waals surface area (Å²) in [5.41, 5.74) is 0. The van der Waals surface area contributed by atoms with Crippen molar-refractivity contribution in [3.63, 3.8) is 0 Å². The van der Waals surface area contributed by atoms with Crippen LogP contribution < -0.4 is 34.7 Å². The number of hydrogen-bond donors (Lipinski definition) is 1. The Bertz CT molecular complexity index is 550. The second kappa shape index (κ2) is 19.5. The second-order valence-corrected chi connectivity index (χ2v) is 9.77. The predicted octanol–water partition coefficient (Wildman–Crippen LogP) is 0.657. The molecule has 9 heteroatoms. The Morgan fingerprint density at radius 3 is 1.60 bits per heavy atom. The van der Waals surface area contributed by atoms with E-state index in [0.717, 1.165) is 25.2 Å². The van der Waals surface area contributed by atoms with E-state index in [1.54, 1.807) is 0 Å². The van der Waals surface area contributed by atoms with Crippen LogP contribution in [0.15, 0.2) is 0 Å². The van der Waals surface area contributed by atoms with Crippen molar-refractivity contribution in [2.24, 2.45) is 5.92 Å². The summed E-state index contributed by atoms with van der Waals surface area (Å²) >= 11 is 0. The number of carbonyl (C=O) groups excluding carboxylic acids is 2. The summed E-state index contributed by atoms with van der Waals surface area (Å²) in [5.74, 6) is -2.18. The van der Waals surface area contributed by atoms with E-state index in [1.807, 2.05) is 0 Å². The molecule has 172 valence electrons. The fourth-order valence-corrected chi connectivity index (χ4v) is 3.81. The quantitative estimate of drug-likeness (QED) is 0.131. The number of rotatable bonds is 19. The van der Waals surface area contributed by atoms with Crippen LogP contribution in [0.1, 0.15) is 104 Å². The van der Waals surface area contributed by atoms with Crippen LogP contribution in [-0.4, -0.2) is 36.8 Å². The van der Waals surface area contributed by atoms with Crippen LogP contribution in [0.25, 0.3) is 0 Å². The molecule has 1 N–H and O–H groups in total. The fourth-order valence-electron chi connectivity index (χ4n) is 3.15. The summed E-state index contributed by atoms with van der Waals surface area (Å²) in [6, 6.07) is 0. The Labute approximate surface area is 204 Å². The van der Waals surface area contributed by atoms with Crippen molar-refractivity contribution in [1.82, 2.24) is 0 Å². The summed E-state index contributed by atoms with van der Waals surface area (Å²) in [5, 5.41) is 8.37. The van der Waals surface area contributed by atoms with Crippen LogP contribution >= 0.6 is 0 Å². The number of aliphatic carboxylic acids is 1. The first kappa shape index (κ1) is 32.0. The van der Waals surface area contributed by atoms with Gasteiger partial charge in [0.15, 0.2) is 5.25 Å². The van der Waals surface area contributed by atoms with Crippen LogP contribution in [-0.2, 0) is 24.4 Å². The van der Waals surface area contributed by atoms with E-state index in [-0.39, 0.29) is 36.2 Å². The molecule has 0 aliphatic rings. The summed E-state index contributed by atoms with van der Waals surface area (Å²) in [4.78, 5) is 22.1. The number of carboxylic acids is 1. The van der Waals surface area contributed by atoms with Gasteiger partial charge in [-0.15, -0.1) is 0 Å². The van der Waals surface area contributed by atoms with Gasteiger partial charge in [-0.25, -0.2) is 0 Å². The summed E-state index contributed by atoms with van der Waals surface area (Å²) in [7, 11) is -4.83. The molecule has 0 saturated heterocycles. The van der Waals surface area contributed by atoms with Gasteiger partial charge in [0.25, 0.3) is 10.1 Å². The van der Waals surface area contributed by atoms with Gasteiger partial charge >= 0.3 is 35.5 Å². The maximum Gasteiger partial charge on any atom is 1.00 e. The van der Waals surface area contributed by atoms with Gasteiger partial charge in [-0.3, -0.25) is 9.35 Å². The number of unbranched alkanes of at least 4 members (excludes halogenated alkanes) is 11. The largest absolute Gasteiger partial charge is 1.00 e. The Morgan fingerprint density at radius 1 is 0.833 bits per heavy atom. The fraction of sp³-hybridized carbons (Fsp3) is 0.905. The second-order valence-electron chi connectivity index (χ2n) is 8.17. The normalized spacial score (nSPS) is 12.4. The molecule has 1 atom stereocenters. The smallest absolute Gasteiger partial charge is 0.550 e. The monoisotopic (exact) mass is 458 g/mol. The first-order valence-corrected chi connectivity index (χ1v) is 12.5. The number of ether oxygens (including phenoxy) is 1. The van der Waals surface area contributed by atoms with E-state index in [0.29, 0.717) is 6.42 Å². The van der Waals surface area contributed by atoms with Crippen molar-refractivity contribution in [2.75, 3.05) is 6.61 Å². The summed E-state index contributed by atoms with van der Waals surface area (Å²) < 4.78 is 35.8. The standard InChI is InChI=1S/C21H40O7S.Na/c1-18(2)15-13-11-9-7-5-3-4-6-8-10-12-14-16-28-21(24)19(17-20(22)23)29(25,26)27;/h18-19H,3-17H2,1-2H3,(H,22,23)(H,25,26,27);/q;+1/p-1. The molecule has 0 spiro atoms. The third-order valence-corrected chi connectivity index (χ3v) is 5.97. The average Bonchev–Trinajstić information content (AvgIpc) is 2.61. The molecule has 0 heterocycles. The first-order chi connectivity index (χ1) is 13.6. The van der Waals surface area contributed by atoms with Gasteiger partial charge < -0.3 is 14.6 Å². The van der Waals surface area contributed by atoms with Gasteiger partial charge in [0, 0.05) is 12.4 Å². The number of hydrogen-bond acceptors (Lipinski definition) is 6. The van der Waals surface area contributed by atoms with Crippen molar-refractivity contribution >= 4 is 22.1 Å². The topological polar surface area (TPSA) is 121 Å². The van der Waals surface area contributed by atoms with E-state index >= 15 is 0 Å². The minimum atomic E-state index is -4.83. The third kappa shape index (κ3) is 19.8. The minimum Gasteiger partial charge on any atom is -0.550 e. The van der Waals surface area contributed by atoms with Crippen molar-refractivity contribution in [1.29, 1.82) is 0 Å². The molecule has 0 bridgehead atoms. The van der Waals surface area contributed by atoms with Crippen molar-refractivity contribution in [3.8, 4) is 0 Å². The Kier molecular flexibility index (Phi) is 20.9. The van der Waals surface area contributed by atoms with Gasteiger partial charge in [-0.1, -0.05) is 90.9 Å². The van der Waals surface area contributed by atoms with Crippen LogP contribution in [0, 0.1) is 5.92 Å². The zero-order valence-electron chi connectivity index (χ0n) is 19.1. The van der Waals surface area contributed by atoms with Gasteiger partial charge in [-0.2, -0.15) is 8.42 Å². The molecule has 0 radical (unpaired) electrons. The molecular formula is C21H39NaO7S. The first-order valence-electron chi connectivity index (χ1n) is 11.0. The van der Waals surface area contributed by atoms with Crippen LogP contribution in [0.5, 0.6) is 0 Å². The van der Waals surface area contributed by atoms with Crippen LogP contribution in [0.4, 0.5) is 0 Å². The molecule has 1 unspecified atom stereocenters. The van der Waals surface area contributed by atoms with Crippen molar-refractivity contribution in [2.45, 2.75) is 109 Å². The maximum atomic E-state index is 11.6. The molecular weight excluding hydrogens is 419 g/mol. The third-order valence-electron chi connectivity index (χ3n) is 4.89. The molecule has 0 amide bonds. The molecule has 0 aliphatic heterocycles. The number of carbonyl (C=O) groups is 2. The molecule has 7 nitrogen and oxygen atoms in total. The molecule has 0 saturated carbocycles. The van der Waals surface area contributed by atoms with Gasteiger partial charge in [-0.05, 0) is 12.3 Å². The molecule has 0 aromatic heterocycles. The summed E-state index contributed by atoms with van der Waals surface area (Å²) in [6.45, 7) is 4.55. The van der Waals surface area contributed by atoms with E-state index < -0.39 is 33.7 Å². The van der Waals surface area contributed by atoms with E-state index in [1.165, 1.54) is 57.8 Å². The van der Waals surface area contributed by atoms with Gasteiger partial charge in [0.05, 0.1) is 6.61 Å². The predicted molar refractivity (Wildman–Crippen MR) is 111 cm³/mol. The molecule has 0 aliphatic carbocycles. The zero-order valence-corrected chi connectivity index (χ0v) is 21.9. The number of esters is 1. The molecule has 0 fully saturated rings. The van der Waals surface area contributed by atoms with Crippen molar-refractivity contribution in [3.05, 3.63) is 0 Å². The van der Waals surface area contributed by atoms with Crippen LogP contribution in [0.2, 0.25) is 0 Å². The van der Waals surface area contributed by atoms with Gasteiger partial charge in [0.1, 0.15) is 0 Å². The SMILES string of the molecule is CC(C)CCCCCCCCCCCCCCOC(=O)C(CC(=O)[O-])S(=O)(=O)O.[Na+]. The van der Waals surface area contributed by atoms with E-state index in [9.17, 15) is 23.1 Å². The molecule has 0 aromatic carbocycles. The minimum absolute atomic E-state index is 0. The summed E-state index contributed by atoms with van der Waals surface area (Å²) in [6.07, 6.45) is 14.1. The maximum absolute atomic E-state index is 11.6. The Balaban J connectivity index is 0. The zero-order chi connectivity index (χ0) is 22.1. The Morgan fingerprint density at radius 2 is 1.23 bits per heavy atom. The molecule has 0 rings (SSSR count). The van der Waals surface area contributed by atoms with Crippen LogP contribution in [0.3, 0.4) is 0 Å². The molecule has 30 heavy (non-hydrogen) atoms. The van der Waals surface area contributed by atoms with E-state index in [4.69, 9.17) is 9.29 Å². The van der Waals surface area contributed by atoms with E-state index in [2.05, 4.69) is 13.8 Å². The average molecular weight is 459 g/mol. The van der Waals surface area contributed by atoms with Crippen molar-refractivity contribution < 1.29 is 62.0 Å². The number of carboxylic acid groups (broad SMARTS) is 1.